The van der Waals surface area contributed by atoms with Gasteiger partial charge in [0.05, 0.1) is 11.9 Å². The Labute approximate surface area is 139 Å². The first-order valence-corrected chi connectivity index (χ1v) is 8.21. The molecular formula is C16H20N4O2S. The van der Waals surface area contributed by atoms with E-state index in [9.17, 15) is 4.79 Å². The maximum absolute atomic E-state index is 12.3. The fourth-order valence-electron chi connectivity index (χ4n) is 1.86. The molecule has 0 spiro atoms. The average Bonchev–Trinajstić information content (AvgIpc) is 2.97. The highest BCUT2D eigenvalue weighted by atomic mass is 32.2. The lowest BCUT2D eigenvalue weighted by atomic mass is 10.3. The Balaban J connectivity index is 1.94. The number of amides is 1. The number of hydrogen-bond acceptors (Lipinski definition) is 5. The van der Waals surface area contributed by atoms with Crippen molar-refractivity contribution < 1.29 is 9.53 Å². The van der Waals surface area contributed by atoms with Crippen molar-refractivity contribution in [3.8, 4) is 5.75 Å². The van der Waals surface area contributed by atoms with Crippen molar-refractivity contribution in [2.45, 2.75) is 30.8 Å². The van der Waals surface area contributed by atoms with Crippen LogP contribution in [0.25, 0.3) is 0 Å². The quantitative estimate of drug-likeness (QED) is 0.594. The van der Waals surface area contributed by atoms with Crippen LogP contribution in [0.3, 0.4) is 0 Å². The zero-order chi connectivity index (χ0) is 16.7. The number of aromatic nitrogens is 3. The molecule has 1 aromatic carbocycles. The van der Waals surface area contributed by atoms with Gasteiger partial charge in [-0.1, -0.05) is 17.8 Å². The van der Waals surface area contributed by atoms with Crippen LogP contribution in [0.2, 0.25) is 0 Å². The highest BCUT2D eigenvalue weighted by Crippen LogP contribution is 2.23. The second-order valence-corrected chi connectivity index (χ2v) is 6.07. The molecule has 7 heteroatoms. The van der Waals surface area contributed by atoms with Gasteiger partial charge in [-0.15, -0.1) is 16.8 Å². The summed E-state index contributed by atoms with van der Waals surface area (Å²) in [4.78, 5) is 12.3. The number of allylic oxidation sites excluding steroid dienone is 1. The Morgan fingerprint density at radius 1 is 1.48 bits per heavy atom. The molecule has 0 saturated heterocycles. The minimum absolute atomic E-state index is 0.0905. The lowest BCUT2D eigenvalue weighted by molar-refractivity contribution is -0.115. The fraction of sp³-hybridized carbons (Fsp3) is 0.312. The van der Waals surface area contributed by atoms with Crippen molar-refractivity contribution in [3.63, 3.8) is 0 Å². The molecule has 6 nitrogen and oxygen atoms in total. The van der Waals surface area contributed by atoms with Crippen LogP contribution in [0.15, 0.2) is 48.4 Å². The van der Waals surface area contributed by atoms with Crippen LogP contribution >= 0.6 is 11.8 Å². The molecule has 2 aromatic rings. The summed E-state index contributed by atoms with van der Waals surface area (Å²) in [5, 5.41) is 11.2. The normalized spacial score (nSPS) is 11.7. The first-order valence-electron chi connectivity index (χ1n) is 7.33. The van der Waals surface area contributed by atoms with E-state index in [2.05, 4.69) is 22.1 Å². The van der Waals surface area contributed by atoms with Crippen molar-refractivity contribution in [1.29, 1.82) is 0 Å². The fourth-order valence-corrected chi connectivity index (χ4v) is 2.69. The number of benzene rings is 1. The number of nitrogens with zero attached hydrogens (tertiary/aromatic N) is 3. The maximum Gasteiger partial charge on any atom is 0.237 e. The topological polar surface area (TPSA) is 69.0 Å². The minimum atomic E-state index is -0.297. The van der Waals surface area contributed by atoms with Gasteiger partial charge >= 0.3 is 0 Å². The van der Waals surface area contributed by atoms with Gasteiger partial charge in [-0.2, -0.15) is 0 Å². The van der Waals surface area contributed by atoms with Gasteiger partial charge < -0.3 is 14.6 Å². The molecule has 1 amide bonds. The van der Waals surface area contributed by atoms with E-state index >= 15 is 0 Å². The van der Waals surface area contributed by atoms with Crippen LogP contribution in [-0.2, 0) is 11.3 Å². The van der Waals surface area contributed by atoms with Crippen molar-refractivity contribution >= 4 is 23.4 Å². The van der Waals surface area contributed by atoms with Crippen LogP contribution in [0, 0.1) is 0 Å². The molecule has 0 fully saturated rings. The number of carbonyl (C=O) groups is 1. The molecule has 0 unspecified atom stereocenters. The zero-order valence-corrected chi connectivity index (χ0v) is 14.0. The molecule has 0 radical (unpaired) electrons. The lowest BCUT2D eigenvalue weighted by Crippen LogP contribution is -2.22. The molecule has 0 saturated carbocycles. The van der Waals surface area contributed by atoms with Crippen LogP contribution in [-0.4, -0.2) is 32.5 Å². The highest BCUT2D eigenvalue weighted by Gasteiger charge is 2.17. The number of thioether (sulfide) groups is 1. The minimum Gasteiger partial charge on any atom is -0.494 e. The zero-order valence-electron chi connectivity index (χ0n) is 13.2. The number of nitrogens with one attached hydrogen (secondary N) is 1. The largest absolute Gasteiger partial charge is 0.494 e. The Kier molecular flexibility index (Phi) is 6.22. The van der Waals surface area contributed by atoms with Crippen LogP contribution in [0.5, 0.6) is 5.75 Å². The van der Waals surface area contributed by atoms with E-state index in [1.807, 2.05) is 42.7 Å². The highest BCUT2D eigenvalue weighted by molar-refractivity contribution is 8.00. The number of hydrogen-bond donors (Lipinski definition) is 1. The third-order valence-corrected chi connectivity index (χ3v) is 4.08. The average molecular weight is 332 g/mol. The smallest absolute Gasteiger partial charge is 0.237 e. The summed E-state index contributed by atoms with van der Waals surface area (Å²) in [5.74, 6) is 0.692. The van der Waals surface area contributed by atoms with Gasteiger partial charge in [-0.05, 0) is 38.1 Å². The maximum atomic E-state index is 12.3. The summed E-state index contributed by atoms with van der Waals surface area (Å²) < 4.78 is 7.22. The number of anilines is 1. The summed E-state index contributed by atoms with van der Waals surface area (Å²) in [6, 6.07) is 7.30. The van der Waals surface area contributed by atoms with Crippen LogP contribution in [0.1, 0.15) is 13.8 Å². The molecule has 1 atom stereocenters. The van der Waals surface area contributed by atoms with E-state index in [0.717, 1.165) is 11.4 Å². The summed E-state index contributed by atoms with van der Waals surface area (Å²) in [6.45, 7) is 8.69. The van der Waals surface area contributed by atoms with Crippen molar-refractivity contribution in [3.05, 3.63) is 43.2 Å². The van der Waals surface area contributed by atoms with Gasteiger partial charge in [0, 0.05) is 12.2 Å². The summed E-state index contributed by atoms with van der Waals surface area (Å²) >= 11 is 1.36. The Morgan fingerprint density at radius 3 is 2.87 bits per heavy atom. The van der Waals surface area contributed by atoms with E-state index in [0.29, 0.717) is 18.3 Å². The predicted molar refractivity (Wildman–Crippen MR) is 91.8 cm³/mol. The second-order valence-electron chi connectivity index (χ2n) is 4.76. The Morgan fingerprint density at radius 2 is 2.22 bits per heavy atom. The standard InChI is InChI=1S/C16H20N4O2S/c1-4-10-20-11-17-19-16(20)23-12(3)15(21)18-13-6-8-14(9-7-13)22-5-2/h4,6-9,11-12H,1,5,10H2,2-3H3,(H,18,21)/t12-/m1/s1. The van der Waals surface area contributed by atoms with Crippen LogP contribution < -0.4 is 10.1 Å². The molecule has 23 heavy (non-hydrogen) atoms. The van der Waals surface area contributed by atoms with Gasteiger partial charge in [-0.25, -0.2) is 0 Å². The molecule has 1 aromatic heterocycles. The number of carbonyl (C=O) groups excluding carboxylic acids is 1. The Bertz CT molecular complexity index is 654. The lowest BCUT2D eigenvalue weighted by Gasteiger charge is -2.12. The van der Waals surface area contributed by atoms with Crippen molar-refractivity contribution in [1.82, 2.24) is 14.8 Å². The second kappa shape index (κ2) is 8.38. The molecule has 1 N–H and O–H groups in total. The van der Waals surface area contributed by atoms with E-state index < -0.39 is 0 Å². The molecule has 1 heterocycles. The first-order chi connectivity index (χ1) is 11.1. The van der Waals surface area contributed by atoms with Gasteiger partial charge in [-0.3, -0.25) is 4.79 Å². The van der Waals surface area contributed by atoms with Gasteiger partial charge in [0.25, 0.3) is 0 Å². The van der Waals surface area contributed by atoms with E-state index in [4.69, 9.17) is 4.74 Å². The van der Waals surface area contributed by atoms with Crippen LogP contribution in [0.4, 0.5) is 5.69 Å². The van der Waals surface area contributed by atoms with E-state index in [-0.39, 0.29) is 11.2 Å². The van der Waals surface area contributed by atoms with Crippen molar-refractivity contribution in [2.24, 2.45) is 0 Å². The summed E-state index contributed by atoms with van der Waals surface area (Å²) in [6.07, 6.45) is 3.39. The molecule has 0 bridgehead atoms. The number of rotatable bonds is 8. The van der Waals surface area contributed by atoms with Gasteiger partial charge in [0.15, 0.2) is 5.16 Å². The third-order valence-electron chi connectivity index (χ3n) is 2.99. The van der Waals surface area contributed by atoms with E-state index in [1.54, 1.807) is 12.4 Å². The first kappa shape index (κ1) is 17.1. The van der Waals surface area contributed by atoms with Gasteiger partial charge in [0.1, 0.15) is 12.1 Å². The SMILES string of the molecule is C=CCn1cnnc1S[C@H](C)C(=O)Nc1ccc(OCC)cc1. The van der Waals surface area contributed by atoms with Crippen molar-refractivity contribution in [2.75, 3.05) is 11.9 Å². The van der Waals surface area contributed by atoms with Gasteiger partial charge in [0.2, 0.25) is 5.91 Å². The molecule has 2 rings (SSSR count). The predicted octanol–water partition coefficient (Wildman–Crippen LogP) is 2.98. The molecule has 122 valence electrons. The third kappa shape index (κ3) is 4.85. The summed E-state index contributed by atoms with van der Waals surface area (Å²) in [7, 11) is 0. The summed E-state index contributed by atoms with van der Waals surface area (Å²) in [5.41, 5.74) is 0.735. The number of ether oxygens (including phenoxy) is 1. The molecule has 0 aliphatic rings. The van der Waals surface area contributed by atoms with E-state index in [1.165, 1.54) is 11.8 Å². The Hall–Kier alpha value is -2.28. The molecule has 0 aliphatic carbocycles. The monoisotopic (exact) mass is 332 g/mol. The molecular weight excluding hydrogens is 312 g/mol. The molecule has 0 aliphatic heterocycles.